The Labute approximate surface area is 150 Å². The molecule has 2 heterocycles. The van der Waals surface area contributed by atoms with Crippen molar-refractivity contribution >= 4 is 28.5 Å². The molecule has 0 saturated heterocycles. The zero-order chi connectivity index (χ0) is 18.7. The molecule has 0 aliphatic carbocycles. The summed E-state index contributed by atoms with van der Waals surface area (Å²) in [6.07, 6.45) is 3.16. The third-order valence-electron chi connectivity index (χ3n) is 4.00. The summed E-state index contributed by atoms with van der Waals surface area (Å²) in [6.45, 7) is 5.84. The zero-order valence-corrected chi connectivity index (χ0v) is 14.7. The molecule has 0 unspecified atom stereocenters. The first-order valence-electron chi connectivity index (χ1n) is 8.09. The van der Waals surface area contributed by atoms with Crippen molar-refractivity contribution in [1.29, 1.82) is 0 Å². The molecule has 0 saturated carbocycles. The molecule has 8 heteroatoms. The van der Waals surface area contributed by atoms with E-state index in [-0.39, 0.29) is 12.2 Å². The summed E-state index contributed by atoms with van der Waals surface area (Å²) in [5.41, 5.74) is 1.88. The first kappa shape index (κ1) is 17.6. The number of allylic oxidation sites excluding steroid dienone is 1. The number of nitrogens with zero attached hydrogens (tertiary/aromatic N) is 5. The largest absolute Gasteiger partial charge is 0.392 e. The number of nitrogens with one attached hydrogen (secondary N) is 1. The van der Waals surface area contributed by atoms with Gasteiger partial charge in [0.1, 0.15) is 11.2 Å². The molecular formula is C18H20N6O2. The van der Waals surface area contributed by atoms with Crippen LogP contribution in [0.5, 0.6) is 0 Å². The number of aliphatic hydroxyl groups excluding tert-OH is 1. The molecule has 8 nitrogen and oxygen atoms in total. The third-order valence-corrected chi connectivity index (χ3v) is 4.00. The van der Waals surface area contributed by atoms with Gasteiger partial charge in [-0.25, -0.2) is 14.3 Å². The van der Waals surface area contributed by atoms with Crippen molar-refractivity contribution in [2.24, 2.45) is 4.99 Å². The van der Waals surface area contributed by atoms with Gasteiger partial charge < -0.3 is 10.4 Å². The van der Waals surface area contributed by atoms with Crippen molar-refractivity contribution < 1.29 is 5.11 Å². The maximum Gasteiger partial charge on any atom is 0.278 e. The van der Waals surface area contributed by atoms with E-state index in [1.54, 1.807) is 24.7 Å². The van der Waals surface area contributed by atoms with Crippen LogP contribution in [0.3, 0.4) is 0 Å². The molecule has 0 aliphatic rings. The van der Waals surface area contributed by atoms with Gasteiger partial charge in [0, 0.05) is 18.9 Å². The number of rotatable bonds is 5. The molecule has 0 fully saturated rings. The molecule has 0 aliphatic heterocycles. The zero-order valence-electron chi connectivity index (χ0n) is 14.7. The highest BCUT2D eigenvalue weighted by atomic mass is 16.3. The first-order valence-corrected chi connectivity index (χ1v) is 8.09. The fourth-order valence-electron chi connectivity index (χ4n) is 2.62. The smallest absolute Gasteiger partial charge is 0.278 e. The summed E-state index contributed by atoms with van der Waals surface area (Å²) in [5.74, 6) is 0.999. The van der Waals surface area contributed by atoms with E-state index in [9.17, 15) is 4.79 Å². The van der Waals surface area contributed by atoms with E-state index in [1.807, 2.05) is 24.3 Å². The molecule has 2 N–H and O–H groups in total. The highest BCUT2D eigenvalue weighted by molar-refractivity contribution is 5.90. The predicted molar refractivity (Wildman–Crippen MR) is 102 cm³/mol. The van der Waals surface area contributed by atoms with Crippen LogP contribution in [0.15, 0.2) is 52.9 Å². The fourth-order valence-corrected chi connectivity index (χ4v) is 2.62. The third kappa shape index (κ3) is 3.14. The van der Waals surface area contributed by atoms with Crippen molar-refractivity contribution in [3.8, 4) is 0 Å². The van der Waals surface area contributed by atoms with Crippen LogP contribution >= 0.6 is 0 Å². The maximum absolute atomic E-state index is 12.6. The lowest BCUT2D eigenvalue weighted by Gasteiger charge is -2.10. The van der Waals surface area contributed by atoms with Gasteiger partial charge in [0.05, 0.1) is 13.2 Å². The number of anilines is 2. The van der Waals surface area contributed by atoms with Crippen molar-refractivity contribution in [2.75, 3.05) is 12.4 Å². The minimum atomic E-state index is -0.193. The Balaban J connectivity index is 2.09. The number of benzene rings is 1. The minimum absolute atomic E-state index is 0.0124. The van der Waals surface area contributed by atoms with Crippen LogP contribution in [-0.4, -0.2) is 37.3 Å². The predicted octanol–water partition coefficient (Wildman–Crippen LogP) is 1.91. The standard InChI is InChI=1S/C18H20N6O2/c1-4-9-23-17(26)15-10-20-18(22-16(15)24(23)12(2)19-3)21-14-7-5-13(11-25)6-8-14/h4-8,10,25H,1,9,11H2,2-3H3,(H,20,21,22). The Hall–Kier alpha value is -3.26. The SMILES string of the molecule is C=CCn1c(=O)c2cnc(Nc3ccc(CO)cc3)nc2n1C(C)=NC. The number of fused-ring (bicyclic) bond motifs is 1. The number of aliphatic imine (C=N–C) groups is 1. The van der Waals surface area contributed by atoms with E-state index >= 15 is 0 Å². The van der Waals surface area contributed by atoms with Crippen molar-refractivity contribution in [1.82, 2.24) is 19.3 Å². The van der Waals surface area contributed by atoms with Gasteiger partial charge in [-0.2, -0.15) is 4.98 Å². The summed E-state index contributed by atoms with van der Waals surface area (Å²) in [5, 5.41) is 12.6. The van der Waals surface area contributed by atoms with E-state index in [4.69, 9.17) is 5.11 Å². The number of hydrogen-bond donors (Lipinski definition) is 2. The van der Waals surface area contributed by atoms with Crippen LogP contribution in [0.4, 0.5) is 11.6 Å². The highest BCUT2D eigenvalue weighted by Crippen LogP contribution is 2.16. The van der Waals surface area contributed by atoms with Gasteiger partial charge in [-0.1, -0.05) is 18.2 Å². The normalized spacial score (nSPS) is 11.7. The second-order valence-electron chi connectivity index (χ2n) is 5.67. The number of aromatic nitrogens is 4. The maximum atomic E-state index is 12.6. The van der Waals surface area contributed by atoms with E-state index in [0.29, 0.717) is 29.4 Å². The average Bonchev–Trinajstić information content (AvgIpc) is 2.94. The van der Waals surface area contributed by atoms with Gasteiger partial charge in [-0.05, 0) is 24.6 Å². The van der Waals surface area contributed by atoms with E-state index < -0.39 is 0 Å². The minimum Gasteiger partial charge on any atom is -0.392 e. The molecular weight excluding hydrogens is 332 g/mol. The van der Waals surface area contributed by atoms with Gasteiger partial charge >= 0.3 is 0 Å². The average molecular weight is 352 g/mol. The summed E-state index contributed by atoms with van der Waals surface area (Å²) < 4.78 is 3.19. The van der Waals surface area contributed by atoms with E-state index in [1.165, 1.54) is 10.9 Å². The Morgan fingerprint density at radius 2 is 2.12 bits per heavy atom. The Morgan fingerprint density at radius 3 is 2.73 bits per heavy atom. The van der Waals surface area contributed by atoms with Crippen LogP contribution in [-0.2, 0) is 13.2 Å². The molecule has 0 amide bonds. The van der Waals surface area contributed by atoms with Gasteiger partial charge in [0.25, 0.3) is 5.56 Å². The van der Waals surface area contributed by atoms with Crippen LogP contribution in [0.25, 0.3) is 11.0 Å². The van der Waals surface area contributed by atoms with Crippen LogP contribution < -0.4 is 10.9 Å². The Bertz CT molecular complexity index is 1030. The van der Waals surface area contributed by atoms with Crippen molar-refractivity contribution in [2.45, 2.75) is 20.1 Å². The van der Waals surface area contributed by atoms with Crippen molar-refractivity contribution in [3.63, 3.8) is 0 Å². The van der Waals surface area contributed by atoms with Crippen LogP contribution in [0, 0.1) is 0 Å². The van der Waals surface area contributed by atoms with Gasteiger partial charge in [-0.15, -0.1) is 6.58 Å². The summed E-state index contributed by atoms with van der Waals surface area (Å²) in [4.78, 5) is 25.5. The molecule has 0 atom stereocenters. The Kier molecular flexibility index (Phi) is 4.94. The molecule has 0 bridgehead atoms. The van der Waals surface area contributed by atoms with Gasteiger partial charge in [0.15, 0.2) is 5.65 Å². The first-order chi connectivity index (χ1) is 12.6. The van der Waals surface area contributed by atoms with Crippen LogP contribution in [0.1, 0.15) is 12.5 Å². The monoisotopic (exact) mass is 352 g/mol. The second kappa shape index (κ2) is 7.32. The molecule has 26 heavy (non-hydrogen) atoms. The molecule has 3 rings (SSSR count). The number of aliphatic hydroxyl groups is 1. The molecule has 1 aromatic carbocycles. The van der Waals surface area contributed by atoms with Crippen LogP contribution in [0.2, 0.25) is 0 Å². The molecule has 0 spiro atoms. The summed E-state index contributed by atoms with van der Waals surface area (Å²) in [7, 11) is 1.66. The van der Waals surface area contributed by atoms with E-state index in [0.717, 1.165) is 11.3 Å². The second-order valence-corrected chi connectivity index (χ2v) is 5.67. The fraction of sp³-hybridized carbons (Fsp3) is 0.222. The molecule has 3 aromatic rings. The molecule has 134 valence electrons. The topological polar surface area (TPSA) is 97.3 Å². The lowest BCUT2D eigenvalue weighted by Crippen LogP contribution is -2.26. The number of hydrogen-bond acceptors (Lipinski definition) is 6. The van der Waals surface area contributed by atoms with Crippen molar-refractivity contribution in [3.05, 3.63) is 59.0 Å². The van der Waals surface area contributed by atoms with Gasteiger partial charge in [0.2, 0.25) is 5.95 Å². The molecule has 0 radical (unpaired) electrons. The lowest BCUT2D eigenvalue weighted by atomic mass is 10.2. The highest BCUT2D eigenvalue weighted by Gasteiger charge is 2.16. The van der Waals surface area contributed by atoms with Gasteiger partial charge in [-0.3, -0.25) is 9.79 Å². The van der Waals surface area contributed by atoms with E-state index in [2.05, 4.69) is 26.9 Å². The summed E-state index contributed by atoms with van der Waals surface area (Å²) >= 11 is 0. The lowest BCUT2D eigenvalue weighted by molar-refractivity contribution is 0.282. The Morgan fingerprint density at radius 1 is 1.38 bits per heavy atom. The molecule has 2 aromatic heterocycles. The summed E-state index contributed by atoms with van der Waals surface area (Å²) in [6, 6.07) is 7.28. The quantitative estimate of drug-likeness (QED) is 0.415.